The lowest BCUT2D eigenvalue weighted by Crippen LogP contribution is -2.48. The Bertz CT molecular complexity index is 1470. The van der Waals surface area contributed by atoms with Gasteiger partial charge in [-0.25, -0.2) is 4.98 Å². The summed E-state index contributed by atoms with van der Waals surface area (Å²) in [7, 11) is 1.68. The Hall–Kier alpha value is -4.66. The SMILES string of the molecule is CN1C(=O)[C@@H](NC(=O)c2ncc(Cc3ccccc3)o2)Cn2cc(/C(N)=C/C=N)c3cccc1c32. The number of para-hydroxylation sites is 1. The number of nitrogens with zero attached hydrogens (tertiary/aromatic N) is 3. The van der Waals surface area contributed by atoms with Crippen LogP contribution in [0.5, 0.6) is 0 Å². The highest BCUT2D eigenvalue weighted by Gasteiger charge is 2.32. The number of nitrogens with two attached hydrogens (primary N) is 1. The van der Waals surface area contributed by atoms with Crippen LogP contribution in [0.15, 0.2) is 71.4 Å². The maximum atomic E-state index is 13.3. The van der Waals surface area contributed by atoms with E-state index in [0.717, 1.165) is 28.2 Å². The average molecular weight is 469 g/mol. The summed E-state index contributed by atoms with van der Waals surface area (Å²) in [6.45, 7) is 0.206. The fourth-order valence-corrected chi connectivity index (χ4v) is 4.41. The van der Waals surface area contributed by atoms with Crippen LogP contribution in [0.2, 0.25) is 0 Å². The van der Waals surface area contributed by atoms with Crippen LogP contribution in [0.1, 0.15) is 27.6 Å². The first-order valence-corrected chi connectivity index (χ1v) is 11.1. The summed E-state index contributed by atoms with van der Waals surface area (Å²) < 4.78 is 7.58. The molecule has 0 fully saturated rings. The number of carbonyl (C=O) groups is 2. The first-order chi connectivity index (χ1) is 17.0. The van der Waals surface area contributed by atoms with Crippen molar-refractivity contribution in [3.05, 3.63) is 89.8 Å². The van der Waals surface area contributed by atoms with E-state index in [0.29, 0.717) is 23.6 Å². The van der Waals surface area contributed by atoms with E-state index in [1.165, 1.54) is 17.2 Å². The number of rotatable bonds is 6. The zero-order chi connectivity index (χ0) is 24.5. The maximum Gasteiger partial charge on any atom is 0.307 e. The van der Waals surface area contributed by atoms with Crippen molar-refractivity contribution >= 4 is 40.3 Å². The van der Waals surface area contributed by atoms with Crippen molar-refractivity contribution in [2.75, 3.05) is 11.9 Å². The molecular formula is C26H24N6O3. The second-order valence-electron chi connectivity index (χ2n) is 8.37. The van der Waals surface area contributed by atoms with Crippen LogP contribution in [0, 0.1) is 5.41 Å². The summed E-state index contributed by atoms with van der Waals surface area (Å²) in [5.74, 6) is -0.350. The van der Waals surface area contributed by atoms with Gasteiger partial charge in [-0.3, -0.25) is 9.59 Å². The highest BCUT2D eigenvalue weighted by atomic mass is 16.4. The van der Waals surface area contributed by atoms with Crippen LogP contribution in [0.4, 0.5) is 5.69 Å². The van der Waals surface area contributed by atoms with Gasteiger partial charge < -0.3 is 30.3 Å². The van der Waals surface area contributed by atoms with Crippen molar-refractivity contribution in [3.63, 3.8) is 0 Å². The summed E-state index contributed by atoms with van der Waals surface area (Å²) in [5, 5.41) is 11.0. The van der Waals surface area contributed by atoms with Gasteiger partial charge in [-0.2, -0.15) is 0 Å². The third-order valence-corrected chi connectivity index (χ3v) is 6.09. The number of carbonyl (C=O) groups excluding carboxylic acids is 2. The number of hydrogen-bond donors (Lipinski definition) is 3. The normalized spacial score (nSPS) is 15.8. The zero-order valence-corrected chi connectivity index (χ0v) is 19.1. The predicted molar refractivity (Wildman–Crippen MR) is 133 cm³/mol. The number of hydrogen-bond acceptors (Lipinski definition) is 6. The van der Waals surface area contributed by atoms with Crippen molar-refractivity contribution < 1.29 is 14.0 Å². The maximum absolute atomic E-state index is 13.3. The minimum Gasteiger partial charge on any atom is -0.437 e. The van der Waals surface area contributed by atoms with E-state index in [4.69, 9.17) is 15.6 Å². The van der Waals surface area contributed by atoms with E-state index < -0.39 is 11.9 Å². The van der Waals surface area contributed by atoms with Crippen molar-refractivity contribution in [1.82, 2.24) is 14.9 Å². The molecule has 0 unspecified atom stereocenters. The molecule has 2 amide bonds. The largest absolute Gasteiger partial charge is 0.437 e. The molecule has 0 aliphatic carbocycles. The van der Waals surface area contributed by atoms with E-state index in [2.05, 4.69) is 10.3 Å². The van der Waals surface area contributed by atoms with Gasteiger partial charge >= 0.3 is 5.91 Å². The number of allylic oxidation sites excluding steroid dienone is 1. The highest BCUT2D eigenvalue weighted by molar-refractivity contribution is 6.09. The van der Waals surface area contributed by atoms with E-state index in [-0.39, 0.29) is 18.3 Å². The molecule has 5 rings (SSSR count). The summed E-state index contributed by atoms with van der Waals surface area (Å²) >= 11 is 0. The van der Waals surface area contributed by atoms with Crippen molar-refractivity contribution in [2.45, 2.75) is 19.0 Å². The van der Waals surface area contributed by atoms with Crippen molar-refractivity contribution in [3.8, 4) is 0 Å². The molecule has 2 aromatic carbocycles. The first kappa shape index (κ1) is 22.1. The van der Waals surface area contributed by atoms with Crippen LogP contribution in [-0.4, -0.2) is 40.7 Å². The Kier molecular flexibility index (Phi) is 5.66. The molecule has 4 N–H and O–H groups in total. The van der Waals surface area contributed by atoms with Gasteiger partial charge in [0.05, 0.1) is 23.9 Å². The monoisotopic (exact) mass is 468 g/mol. The minimum absolute atomic E-state index is 0.0929. The molecule has 0 radical (unpaired) electrons. The van der Waals surface area contributed by atoms with Crippen molar-refractivity contribution in [2.24, 2.45) is 5.73 Å². The number of benzene rings is 2. The van der Waals surface area contributed by atoms with Gasteiger partial charge in [0, 0.05) is 42.5 Å². The van der Waals surface area contributed by atoms with E-state index in [1.807, 2.05) is 59.3 Å². The Morgan fingerprint density at radius 3 is 2.83 bits per heavy atom. The quantitative estimate of drug-likeness (QED) is 0.375. The summed E-state index contributed by atoms with van der Waals surface area (Å²) in [5.41, 5.74) is 9.97. The lowest BCUT2D eigenvalue weighted by molar-refractivity contribution is -0.120. The van der Waals surface area contributed by atoms with Gasteiger partial charge in [0.15, 0.2) is 0 Å². The fourth-order valence-electron chi connectivity index (χ4n) is 4.41. The van der Waals surface area contributed by atoms with Gasteiger partial charge in [-0.15, -0.1) is 0 Å². The lowest BCUT2D eigenvalue weighted by Gasteiger charge is -2.21. The van der Waals surface area contributed by atoms with E-state index in [1.54, 1.807) is 7.05 Å². The molecule has 1 aliphatic heterocycles. The molecule has 0 spiro atoms. The topological polar surface area (TPSA) is 130 Å². The number of oxazole rings is 1. The Morgan fingerprint density at radius 1 is 1.26 bits per heavy atom. The number of anilines is 1. The van der Waals surface area contributed by atoms with Crippen LogP contribution in [0.3, 0.4) is 0 Å². The third kappa shape index (κ3) is 4.08. The molecule has 0 bridgehead atoms. The molecule has 9 heteroatoms. The summed E-state index contributed by atoms with van der Waals surface area (Å²) in [4.78, 5) is 31.9. The zero-order valence-electron chi connectivity index (χ0n) is 19.1. The molecule has 3 heterocycles. The van der Waals surface area contributed by atoms with Gasteiger partial charge in [0.1, 0.15) is 11.8 Å². The smallest absolute Gasteiger partial charge is 0.307 e. The molecule has 1 atom stereocenters. The standard InChI is InChI=1S/C26H24N6O3/c1-31-22-9-5-8-18-19(20(28)10-11-27)14-32(23(18)22)15-21(26(31)34)30-24(33)25-29-13-17(35-25)12-16-6-3-2-4-7-16/h2-11,13-14,21,27H,12,15,28H2,1H3,(H,30,33)/b20-10-,27-11?/t21-/m0/s1. The minimum atomic E-state index is -0.847. The number of nitrogens with one attached hydrogen (secondary N) is 2. The third-order valence-electron chi connectivity index (χ3n) is 6.09. The van der Waals surface area contributed by atoms with Crippen LogP contribution >= 0.6 is 0 Å². The van der Waals surface area contributed by atoms with E-state index in [9.17, 15) is 9.59 Å². The second-order valence-corrected chi connectivity index (χ2v) is 8.37. The van der Waals surface area contributed by atoms with Crippen LogP contribution < -0.4 is 16.0 Å². The van der Waals surface area contributed by atoms with Gasteiger partial charge in [-0.05, 0) is 17.7 Å². The highest BCUT2D eigenvalue weighted by Crippen LogP contribution is 2.34. The summed E-state index contributed by atoms with van der Waals surface area (Å²) in [6, 6.07) is 14.5. The van der Waals surface area contributed by atoms with Gasteiger partial charge in [-0.1, -0.05) is 42.5 Å². The Morgan fingerprint density at radius 2 is 2.06 bits per heavy atom. The van der Waals surface area contributed by atoms with Gasteiger partial charge in [0.2, 0.25) is 0 Å². The molecule has 35 heavy (non-hydrogen) atoms. The second kappa shape index (κ2) is 8.94. The van der Waals surface area contributed by atoms with Crippen LogP contribution in [0.25, 0.3) is 16.6 Å². The average Bonchev–Trinajstić information content (AvgIpc) is 3.46. The molecule has 176 valence electrons. The molecular weight excluding hydrogens is 444 g/mol. The van der Waals surface area contributed by atoms with Crippen LogP contribution in [-0.2, 0) is 17.8 Å². The number of aromatic nitrogens is 2. The molecule has 1 aliphatic rings. The lowest BCUT2D eigenvalue weighted by atomic mass is 10.1. The Balaban J connectivity index is 1.42. The fraction of sp³-hybridized carbons (Fsp3) is 0.154. The van der Waals surface area contributed by atoms with E-state index >= 15 is 0 Å². The summed E-state index contributed by atoms with van der Waals surface area (Å²) in [6.07, 6.45) is 6.53. The van der Waals surface area contributed by atoms with Crippen molar-refractivity contribution in [1.29, 1.82) is 5.41 Å². The van der Waals surface area contributed by atoms with Gasteiger partial charge in [0.25, 0.3) is 11.8 Å². The number of likely N-dealkylation sites (N-methyl/N-ethyl adjacent to an activating group) is 1. The molecule has 9 nitrogen and oxygen atoms in total. The molecule has 4 aromatic rings. The Labute approximate surface area is 201 Å². The first-order valence-electron chi connectivity index (χ1n) is 11.1. The predicted octanol–water partition coefficient (Wildman–Crippen LogP) is 2.94. The number of amides is 2. The molecule has 2 aromatic heterocycles. The molecule has 0 saturated carbocycles. The molecule has 0 saturated heterocycles.